The highest BCUT2D eigenvalue weighted by Crippen LogP contribution is 2.39. The van der Waals surface area contributed by atoms with Crippen molar-refractivity contribution in [1.29, 1.82) is 0 Å². The highest BCUT2D eigenvalue weighted by Gasteiger charge is 2.25. The fraction of sp³-hybridized carbons (Fsp3) is 0.364. The van der Waals surface area contributed by atoms with Gasteiger partial charge in [0.1, 0.15) is 0 Å². The number of rotatable bonds is 3. The fourth-order valence-electron chi connectivity index (χ4n) is 1.80. The van der Waals surface area contributed by atoms with Gasteiger partial charge in [-0.2, -0.15) is 0 Å². The maximum atomic E-state index is 10.7. The second kappa shape index (κ2) is 4.02. The molecule has 5 nitrogen and oxygen atoms in total. The Balaban J connectivity index is 2.50. The van der Waals surface area contributed by atoms with Crippen LogP contribution in [0.25, 0.3) is 0 Å². The third-order valence-electron chi connectivity index (χ3n) is 2.56. The Kier molecular flexibility index (Phi) is 2.70. The van der Waals surface area contributed by atoms with E-state index in [1.54, 1.807) is 12.1 Å². The van der Waals surface area contributed by atoms with Crippen LogP contribution in [0.4, 0.5) is 0 Å². The number of benzene rings is 1. The number of ether oxygens (including phenoxy) is 2. The summed E-state index contributed by atoms with van der Waals surface area (Å²) in [6.07, 6.45) is -0.948. The number of carboxylic acids is 1. The van der Waals surface area contributed by atoms with E-state index in [-0.39, 0.29) is 6.79 Å². The zero-order valence-electron chi connectivity index (χ0n) is 8.77. The summed E-state index contributed by atoms with van der Waals surface area (Å²) in [4.78, 5) is 10.7. The molecule has 1 atom stereocenters. The van der Waals surface area contributed by atoms with Crippen LogP contribution in [0.2, 0.25) is 0 Å². The van der Waals surface area contributed by atoms with Crippen LogP contribution >= 0.6 is 0 Å². The molecular weight excluding hydrogens is 212 g/mol. The van der Waals surface area contributed by atoms with Gasteiger partial charge in [-0.1, -0.05) is 13.0 Å². The zero-order valence-corrected chi connectivity index (χ0v) is 8.77. The van der Waals surface area contributed by atoms with E-state index in [0.29, 0.717) is 29.0 Å². The normalized spacial score (nSPS) is 14.9. The van der Waals surface area contributed by atoms with Gasteiger partial charge in [0.15, 0.2) is 17.6 Å². The van der Waals surface area contributed by atoms with E-state index in [4.69, 9.17) is 14.6 Å². The van der Waals surface area contributed by atoms with Crippen molar-refractivity contribution in [1.82, 2.24) is 0 Å². The largest absolute Gasteiger partial charge is 0.479 e. The van der Waals surface area contributed by atoms with Gasteiger partial charge in [-0.25, -0.2) is 4.79 Å². The molecule has 0 aliphatic carbocycles. The van der Waals surface area contributed by atoms with Crippen LogP contribution in [-0.2, 0) is 11.2 Å². The molecule has 1 aromatic carbocycles. The van der Waals surface area contributed by atoms with E-state index >= 15 is 0 Å². The van der Waals surface area contributed by atoms with Gasteiger partial charge in [0.2, 0.25) is 6.79 Å². The number of fused-ring (bicyclic) bond motifs is 1. The molecule has 0 saturated carbocycles. The number of aliphatic carboxylic acids is 1. The van der Waals surface area contributed by atoms with Gasteiger partial charge in [-0.15, -0.1) is 0 Å². The molecule has 1 unspecified atom stereocenters. The molecule has 1 aliphatic heterocycles. The summed E-state index contributed by atoms with van der Waals surface area (Å²) in [6, 6.07) is 3.17. The van der Waals surface area contributed by atoms with Crippen LogP contribution in [0.1, 0.15) is 24.2 Å². The predicted octanol–water partition coefficient (Wildman–Crippen LogP) is 1.10. The maximum absolute atomic E-state index is 10.7. The van der Waals surface area contributed by atoms with Gasteiger partial charge in [0.05, 0.1) is 0 Å². The van der Waals surface area contributed by atoms with Gasteiger partial charge in [0.25, 0.3) is 0 Å². The third-order valence-corrected chi connectivity index (χ3v) is 2.56. The quantitative estimate of drug-likeness (QED) is 0.803. The Labute approximate surface area is 92.2 Å². The summed E-state index contributed by atoms with van der Waals surface area (Å²) < 4.78 is 10.4. The van der Waals surface area contributed by atoms with Gasteiger partial charge in [-0.3, -0.25) is 0 Å². The van der Waals surface area contributed by atoms with Gasteiger partial charge < -0.3 is 19.7 Å². The first-order valence-electron chi connectivity index (χ1n) is 4.97. The summed E-state index contributed by atoms with van der Waals surface area (Å²) >= 11 is 0. The van der Waals surface area contributed by atoms with Gasteiger partial charge in [-0.05, 0) is 18.1 Å². The Morgan fingerprint density at radius 3 is 2.88 bits per heavy atom. The molecule has 0 saturated heterocycles. The molecule has 1 heterocycles. The summed E-state index contributed by atoms with van der Waals surface area (Å²) in [5, 5.41) is 18.3. The Bertz CT molecular complexity index is 427. The van der Waals surface area contributed by atoms with Crippen LogP contribution in [-0.4, -0.2) is 23.0 Å². The first-order chi connectivity index (χ1) is 7.65. The minimum atomic E-state index is -1.52. The van der Waals surface area contributed by atoms with E-state index in [1.165, 1.54) is 0 Å². The molecule has 0 fully saturated rings. The average molecular weight is 224 g/mol. The topological polar surface area (TPSA) is 76.0 Å². The van der Waals surface area contributed by atoms with Crippen LogP contribution in [0.5, 0.6) is 11.5 Å². The fourth-order valence-corrected chi connectivity index (χ4v) is 1.80. The maximum Gasteiger partial charge on any atom is 0.337 e. The summed E-state index contributed by atoms with van der Waals surface area (Å²) in [7, 11) is 0. The number of aliphatic hydroxyl groups is 1. The number of carboxylic acid groups (broad SMARTS) is 1. The number of hydrogen-bond acceptors (Lipinski definition) is 4. The van der Waals surface area contributed by atoms with Crippen LogP contribution in [0, 0.1) is 0 Å². The third kappa shape index (κ3) is 1.59. The van der Waals surface area contributed by atoms with E-state index in [0.717, 1.165) is 0 Å². The molecule has 0 spiro atoms. The lowest BCUT2D eigenvalue weighted by Gasteiger charge is -2.13. The Morgan fingerprint density at radius 1 is 1.50 bits per heavy atom. The first-order valence-corrected chi connectivity index (χ1v) is 4.97. The molecule has 2 N–H and O–H groups in total. The molecule has 0 amide bonds. The second-order valence-corrected chi connectivity index (χ2v) is 3.46. The van der Waals surface area contributed by atoms with Gasteiger partial charge >= 0.3 is 5.97 Å². The highest BCUT2D eigenvalue weighted by atomic mass is 16.7. The SMILES string of the molecule is CCc1c(C(O)C(=O)O)ccc2c1OCO2. The van der Waals surface area contributed by atoms with E-state index in [2.05, 4.69) is 0 Å². The van der Waals surface area contributed by atoms with Crippen molar-refractivity contribution in [3.05, 3.63) is 23.3 Å². The molecule has 2 rings (SSSR count). The molecular formula is C11H12O5. The van der Waals surface area contributed by atoms with Crippen molar-refractivity contribution >= 4 is 5.97 Å². The molecule has 0 aromatic heterocycles. The van der Waals surface area contributed by atoms with Crippen molar-refractivity contribution in [2.75, 3.05) is 6.79 Å². The van der Waals surface area contributed by atoms with E-state index in [1.807, 2.05) is 6.92 Å². The smallest absolute Gasteiger partial charge is 0.337 e. The molecule has 86 valence electrons. The van der Waals surface area contributed by atoms with Crippen molar-refractivity contribution in [2.24, 2.45) is 0 Å². The summed E-state index contributed by atoms with van der Waals surface area (Å²) in [6.45, 7) is 2.00. The van der Waals surface area contributed by atoms with E-state index in [9.17, 15) is 9.90 Å². The van der Waals surface area contributed by atoms with Gasteiger partial charge in [0, 0.05) is 5.56 Å². The highest BCUT2D eigenvalue weighted by molar-refractivity contribution is 5.75. The zero-order chi connectivity index (χ0) is 11.7. The summed E-state index contributed by atoms with van der Waals surface area (Å²) in [5.41, 5.74) is 1.05. The minimum Gasteiger partial charge on any atom is -0.479 e. The number of aliphatic hydroxyl groups excluding tert-OH is 1. The molecule has 1 aliphatic rings. The lowest BCUT2D eigenvalue weighted by molar-refractivity contribution is -0.147. The molecule has 5 heteroatoms. The summed E-state index contributed by atoms with van der Waals surface area (Å²) in [5.74, 6) is -0.132. The molecule has 16 heavy (non-hydrogen) atoms. The number of hydrogen-bond donors (Lipinski definition) is 2. The second-order valence-electron chi connectivity index (χ2n) is 3.46. The molecule has 0 bridgehead atoms. The monoisotopic (exact) mass is 224 g/mol. The first kappa shape index (κ1) is 10.8. The van der Waals surface area contributed by atoms with Crippen LogP contribution in [0.15, 0.2) is 12.1 Å². The lowest BCUT2D eigenvalue weighted by Crippen LogP contribution is -2.12. The van der Waals surface area contributed by atoms with Crippen molar-refractivity contribution < 1.29 is 24.5 Å². The predicted molar refractivity (Wildman–Crippen MR) is 54.5 cm³/mol. The standard InChI is InChI=1S/C11H12O5/c1-2-6-7(9(12)11(13)14)3-4-8-10(6)16-5-15-8/h3-4,9,12H,2,5H2,1H3,(H,13,14). The Morgan fingerprint density at radius 2 is 2.25 bits per heavy atom. The average Bonchev–Trinajstić information content (AvgIpc) is 2.74. The van der Waals surface area contributed by atoms with E-state index < -0.39 is 12.1 Å². The van der Waals surface area contributed by atoms with Crippen LogP contribution < -0.4 is 9.47 Å². The van der Waals surface area contributed by atoms with Crippen molar-refractivity contribution in [3.63, 3.8) is 0 Å². The van der Waals surface area contributed by atoms with Crippen molar-refractivity contribution in [2.45, 2.75) is 19.4 Å². The molecule has 0 radical (unpaired) electrons. The lowest BCUT2D eigenvalue weighted by atomic mass is 9.99. The van der Waals surface area contributed by atoms with Crippen LogP contribution in [0.3, 0.4) is 0 Å². The Hall–Kier alpha value is -1.75. The van der Waals surface area contributed by atoms with Crippen molar-refractivity contribution in [3.8, 4) is 11.5 Å². The molecule has 1 aromatic rings. The number of carbonyl (C=O) groups is 1. The minimum absolute atomic E-state index is 0.134.